The SMILES string of the molecule is CCC(F)OP(=O)(F)F. The predicted molar refractivity (Wildman–Crippen MR) is 26.1 cm³/mol. The molecule has 0 aromatic carbocycles. The van der Waals surface area contributed by atoms with Gasteiger partial charge in [0.15, 0.2) is 0 Å². The lowest BCUT2D eigenvalue weighted by atomic mass is 10.5. The third-order valence-corrected chi connectivity index (χ3v) is 1.03. The normalized spacial score (nSPS) is 15.6. The van der Waals surface area contributed by atoms with Gasteiger partial charge in [-0.2, -0.15) is 0 Å². The Morgan fingerprint density at radius 2 is 2.11 bits per heavy atom. The van der Waals surface area contributed by atoms with E-state index in [2.05, 4.69) is 4.52 Å². The summed E-state index contributed by atoms with van der Waals surface area (Å²) in [5.41, 5.74) is 0. The summed E-state index contributed by atoms with van der Waals surface area (Å²) in [6, 6.07) is 0. The van der Waals surface area contributed by atoms with Crippen LogP contribution < -0.4 is 0 Å². The van der Waals surface area contributed by atoms with Crippen LogP contribution in [0.2, 0.25) is 0 Å². The largest absolute Gasteiger partial charge is 0.554 e. The van der Waals surface area contributed by atoms with Crippen molar-refractivity contribution in [3.8, 4) is 0 Å². The summed E-state index contributed by atoms with van der Waals surface area (Å²) in [4.78, 5) is 0. The highest BCUT2D eigenvalue weighted by Gasteiger charge is 2.25. The van der Waals surface area contributed by atoms with Crippen LogP contribution in [0.4, 0.5) is 12.8 Å². The molecule has 0 bridgehead atoms. The van der Waals surface area contributed by atoms with Crippen LogP contribution >= 0.6 is 7.99 Å². The zero-order valence-corrected chi connectivity index (χ0v) is 5.58. The first-order chi connectivity index (χ1) is 3.95. The third-order valence-electron chi connectivity index (χ3n) is 0.558. The molecule has 0 N–H and O–H groups in total. The van der Waals surface area contributed by atoms with Crippen LogP contribution in [-0.2, 0) is 9.09 Å². The van der Waals surface area contributed by atoms with E-state index >= 15 is 0 Å². The van der Waals surface area contributed by atoms with Gasteiger partial charge in [0, 0.05) is 6.42 Å². The summed E-state index contributed by atoms with van der Waals surface area (Å²) in [7, 11) is -5.61. The fraction of sp³-hybridized carbons (Fsp3) is 1.00. The van der Waals surface area contributed by atoms with E-state index in [-0.39, 0.29) is 6.42 Å². The molecule has 2 nitrogen and oxygen atoms in total. The van der Waals surface area contributed by atoms with Gasteiger partial charge in [-0.3, -0.25) is 0 Å². The monoisotopic (exact) mass is 162 g/mol. The summed E-state index contributed by atoms with van der Waals surface area (Å²) in [5, 5.41) is 0. The van der Waals surface area contributed by atoms with Crippen molar-refractivity contribution in [1.29, 1.82) is 0 Å². The standard InChI is InChI=1S/C3H6F3O2P/c1-2-3(4)8-9(5,6)7/h3H,2H2,1H3. The summed E-state index contributed by atoms with van der Waals surface area (Å²) in [6.45, 7) is 1.31. The van der Waals surface area contributed by atoms with Crippen molar-refractivity contribution in [3.63, 3.8) is 0 Å². The Bertz CT molecular complexity index is 122. The Balaban J connectivity index is 3.60. The molecule has 0 radical (unpaired) electrons. The molecule has 1 unspecified atom stereocenters. The van der Waals surface area contributed by atoms with Gasteiger partial charge in [-0.15, -0.1) is 8.39 Å². The van der Waals surface area contributed by atoms with Crippen LogP contribution in [0.1, 0.15) is 13.3 Å². The zero-order chi connectivity index (χ0) is 7.49. The van der Waals surface area contributed by atoms with E-state index in [1.165, 1.54) is 6.92 Å². The predicted octanol–water partition coefficient (Wildman–Crippen LogP) is 2.76. The minimum absolute atomic E-state index is 0.224. The number of alkyl halides is 1. The van der Waals surface area contributed by atoms with E-state index in [4.69, 9.17) is 0 Å². The molecule has 0 spiro atoms. The Morgan fingerprint density at radius 1 is 1.67 bits per heavy atom. The molecule has 0 saturated heterocycles. The summed E-state index contributed by atoms with van der Waals surface area (Å²) < 4.78 is 46.8. The van der Waals surface area contributed by atoms with Gasteiger partial charge in [-0.05, 0) is 0 Å². The minimum Gasteiger partial charge on any atom is -0.245 e. The van der Waals surface area contributed by atoms with Crippen LogP contribution in [0.25, 0.3) is 0 Å². The lowest BCUT2D eigenvalue weighted by molar-refractivity contribution is 0.0497. The Hall–Kier alpha value is -0.0200. The highest BCUT2D eigenvalue weighted by molar-refractivity contribution is 7.47. The molecule has 9 heavy (non-hydrogen) atoms. The van der Waals surface area contributed by atoms with E-state index in [1.807, 2.05) is 0 Å². The zero-order valence-electron chi connectivity index (χ0n) is 4.68. The third kappa shape index (κ3) is 5.86. The first kappa shape index (κ1) is 8.98. The van der Waals surface area contributed by atoms with Gasteiger partial charge in [-0.1, -0.05) is 6.92 Å². The van der Waals surface area contributed by atoms with Crippen molar-refractivity contribution >= 4 is 7.99 Å². The van der Waals surface area contributed by atoms with Crippen molar-refractivity contribution in [1.82, 2.24) is 0 Å². The minimum atomic E-state index is -5.61. The van der Waals surface area contributed by atoms with E-state index < -0.39 is 14.3 Å². The molecule has 0 amide bonds. The van der Waals surface area contributed by atoms with E-state index in [9.17, 15) is 17.3 Å². The maximum Gasteiger partial charge on any atom is 0.554 e. The van der Waals surface area contributed by atoms with Gasteiger partial charge in [0.1, 0.15) is 0 Å². The van der Waals surface area contributed by atoms with Crippen molar-refractivity contribution in [3.05, 3.63) is 0 Å². The van der Waals surface area contributed by atoms with Crippen LogP contribution in [0.3, 0.4) is 0 Å². The molecule has 0 heterocycles. The Labute approximate surface area is 50.7 Å². The molecule has 0 aromatic rings. The molecule has 1 atom stereocenters. The fourth-order valence-corrected chi connectivity index (χ4v) is 0.623. The number of hydrogen-bond acceptors (Lipinski definition) is 2. The first-order valence-corrected chi connectivity index (χ1v) is 3.68. The topological polar surface area (TPSA) is 26.3 Å². The number of halogens is 3. The van der Waals surface area contributed by atoms with Crippen LogP contribution in [0.5, 0.6) is 0 Å². The molecule has 0 aliphatic carbocycles. The second-order valence-corrected chi connectivity index (χ2v) is 2.38. The fourth-order valence-electron chi connectivity index (χ4n) is 0.208. The van der Waals surface area contributed by atoms with Crippen molar-refractivity contribution < 1.29 is 21.9 Å². The van der Waals surface area contributed by atoms with Gasteiger partial charge in [0.05, 0.1) is 0 Å². The maximum atomic E-state index is 11.8. The van der Waals surface area contributed by atoms with Crippen molar-refractivity contribution in [2.45, 2.75) is 19.7 Å². The Kier molecular flexibility index (Phi) is 3.22. The smallest absolute Gasteiger partial charge is 0.245 e. The average molecular weight is 162 g/mol. The van der Waals surface area contributed by atoms with Crippen LogP contribution in [0.15, 0.2) is 0 Å². The Morgan fingerprint density at radius 3 is 2.22 bits per heavy atom. The van der Waals surface area contributed by atoms with Crippen molar-refractivity contribution in [2.75, 3.05) is 0 Å². The summed E-state index contributed by atoms with van der Waals surface area (Å²) >= 11 is 0. The summed E-state index contributed by atoms with van der Waals surface area (Å²) in [5.74, 6) is 0. The molecular weight excluding hydrogens is 156 g/mol. The lowest BCUT2D eigenvalue weighted by Crippen LogP contribution is -1.98. The molecule has 0 aliphatic heterocycles. The van der Waals surface area contributed by atoms with Gasteiger partial charge >= 0.3 is 7.99 Å². The molecule has 0 aromatic heterocycles. The quantitative estimate of drug-likeness (QED) is 0.596. The second kappa shape index (κ2) is 3.22. The molecule has 56 valence electrons. The van der Waals surface area contributed by atoms with Crippen LogP contribution in [-0.4, -0.2) is 6.36 Å². The van der Waals surface area contributed by atoms with Gasteiger partial charge in [0.2, 0.25) is 6.36 Å². The molecule has 0 aliphatic rings. The summed E-state index contributed by atoms with van der Waals surface area (Å²) in [6.07, 6.45) is -2.34. The second-order valence-electron chi connectivity index (χ2n) is 1.34. The van der Waals surface area contributed by atoms with Crippen molar-refractivity contribution in [2.24, 2.45) is 0 Å². The molecule has 0 saturated carbocycles. The number of hydrogen-bond donors (Lipinski definition) is 0. The molecular formula is C3H6F3O2P. The van der Waals surface area contributed by atoms with E-state index in [0.717, 1.165) is 0 Å². The van der Waals surface area contributed by atoms with Gasteiger partial charge in [0.25, 0.3) is 0 Å². The molecule has 6 heteroatoms. The van der Waals surface area contributed by atoms with E-state index in [1.54, 1.807) is 0 Å². The maximum absolute atomic E-state index is 11.8. The highest BCUT2D eigenvalue weighted by atomic mass is 31.2. The highest BCUT2D eigenvalue weighted by Crippen LogP contribution is 2.51. The van der Waals surface area contributed by atoms with Gasteiger partial charge < -0.3 is 0 Å². The van der Waals surface area contributed by atoms with Crippen LogP contribution in [0, 0.1) is 0 Å². The van der Waals surface area contributed by atoms with E-state index in [0.29, 0.717) is 0 Å². The van der Waals surface area contributed by atoms with Gasteiger partial charge in [-0.25, -0.2) is 13.5 Å². The number of rotatable bonds is 3. The molecule has 0 rings (SSSR count). The average Bonchev–Trinajstić information content (AvgIpc) is 1.62. The lowest BCUT2D eigenvalue weighted by Gasteiger charge is -2.02. The first-order valence-electron chi connectivity index (χ1n) is 2.27. The molecule has 0 fully saturated rings.